The largest absolute Gasteiger partial charge is 0.494 e. The fourth-order valence-electron chi connectivity index (χ4n) is 5.52. The van der Waals surface area contributed by atoms with E-state index in [-0.39, 0.29) is 41.9 Å². The zero-order valence-electron chi connectivity index (χ0n) is 20.6. The molecule has 0 spiro atoms. The number of alkyl halides is 2. The number of nitrogens with zero attached hydrogens (tertiary/aromatic N) is 4. The Bertz CT molecular complexity index is 1310. The van der Waals surface area contributed by atoms with E-state index in [0.29, 0.717) is 30.6 Å². The van der Waals surface area contributed by atoms with Gasteiger partial charge in [0.25, 0.3) is 17.4 Å². The lowest BCUT2D eigenvalue weighted by Gasteiger charge is -2.38. The molecule has 2 N–H and O–H groups in total. The lowest BCUT2D eigenvalue weighted by atomic mass is 9.98. The van der Waals surface area contributed by atoms with Crippen LogP contribution in [-0.4, -0.2) is 60.1 Å². The molecule has 9 nitrogen and oxygen atoms in total. The number of aromatic hydroxyl groups is 1. The molecule has 36 heavy (non-hydrogen) atoms. The van der Waals surface area contributed by atoms with E-state index in [0.717, 1.165) is 17.4 Å². The van der Waals surface area contributed by atoms with Crippen molar-refractivity contribution in [3.63, 3.8) is 0 Å². The van der Waals surface area contributed by atoms with Gasteiger partial charge in [-0.3, -0.25) is 19.0 Å². The van der Waals surface area contributed by atoms with Gasteiger partial charge in [-0.1, -0.05) is 13.8 Å². The molecule has 2 aliphatic heterocycles. The number of hydrogen-bond acceptors (Lipinski definition) is 5. The highest BCUT2D eigenvalue weighted by Crippen LogP contribution is 2.43. The van der Waals surface area contributed by atoms with Gasteiger partial charge in [0.15, 0.2) is 5.56 Å². The van der Waals surface area contributed by atoms with Crippen LogP contribution in [0, 0.1) is 12.8 Å². The molecular formula is C25H31F2N5O4. The molecule has 3 fully saturated rings. The summed E-state index contributed by atoms with van der Waals surface area (Å²) < 4.78 is 30.5. The molecule has 2 amide bonds. The molecule has 2 aromatic heterocycles. The van der Waals surface area contributed by atoms with E-state index in [2.05, 4.69) is 10.4 Å². The Balaban J connectivity index is 1.55. The molecule has 2 saturated heterocycles. The van der Waals surface area contributed by atoms with Crippen LogP contribution in [0.2, 0.25) is 0 Å². The number of aryl methyl sites for hydroxylation is 1. The zero-order valence-corrected chi connectivity index (χ0v) is 20.6. The van der Waals surface area contributed by atoms with Crippen LogP contribution in [-0.2, 0) is 11.3 Å². The molecule has 2 atom stereocenters. The summed E-state index contributed by atoms with van der Waals surface area (Å²) >= 11 is 0. The number of rotatable bonds is 6. The number of carbonyl (C=O) groups is 2. The molecule has 0 radical (unpaired) electrons. The topological polar surface area (TPSA) is 109 Å². The van der Waals surface area contributed by atoms with Crippen LogP contribution in [0.1, 0.15) is 74.0 Å². The van der Waals surface area contributed by atoms with Crippen molar-refractivity contribution in [2.24, 2.45) is 5.92 Å². The maximum absolute atomic E-state index is 14.0. The van der Waals surface area contributed by atoms with Gasteiger partial charge >= 0.3 is 0 Å². The van der Waals surface area contributed by atoms with Crippen molar-refractivity contribution in [3.05, 3.63) is 33.3 Å². The van der Waals surface area contributed by atoms with E-state index >= 15 is 0 Å². The van der Waals surface area contributed by atoms with Crippen molar-refractivity contribution >= 4 is 23.5 Å². The second-order valence-corrected chi connectivity index (χ2v) is 10.7. The van der Waals surface area contributed by atoms with E-state index in [4.69, 9.17) is 0 Å². The number of fused-ring (bicyclic) bond motifs is 3. The molecule has 1 aliphatic carbocycles. The van der Waals surface area contributed by atoms with Gasteiger partial charge in [0.2, 0.25) is 11.8 Å². The predicted molar refractivity (Wildman–Crippen MR) is 128 cm³/mol. The number of piperidine rings is 1. The van der Waals surface area contributed by atoms with Crippen molar-refractivity contribution in [1.29, 1.82) is 0 Å². The van der Waals surface area contributed by atoms with E-state index < -0.39 is 35.4 Å². The summed E-state index contributed by atoms with van der Waals surface area (Å²) in [5, 5.41) is 18.1. The van der Waals surface area contributed by atoms with Crippen molar-refractivity contribution in [2.75, 3.05) is 0 Å². The quantitative estimate of drug-likeness (QED) is 0.590. The fourth-order valence-corrected chi connectivity index (χ4v) is 5.52. The molecule has 1 saturated carbocycles. The number of aromatic nitrogens is 3. The first-order valence-electron chi connectivity index (χ1n) is 12.5. The summed E-state index contributed by atoms with van der Waals surface area (Å²) in [7, 11) is 0. The molecule has 194 valence electrons. The van der Waals surface area contributed by atoms with Gasteiger partial charge in [-0.15, -0.1) is 0 Å². The molecule has 3 aliphatic rings. The number of carbonyl (C=O) groups excluding carboxylic acids is 2. The van der Waals surface area contributed by atoms with Gasteiger partial charge < -0.3 is 15.3 Å². The van der Waals surface area contributed by atoms with Gasteiger partial charge in [-0.05, 0) is 44.6 Å². The lowest BCUT2D eigenvalue weighted by Crippen LogP contribution is -2.49. The van der Waals surface area contributed by atoms with Gasteiger partial charge in [0, 0.05) is 49.2 Å². The molecule has 4 heterocycles. The average molecular weight is 504 g/mol. The van der Waals surface area contributed by atoms with Crippen LogP contribution >= 0.6 is 0 Å². The second-order valence-electron chi connectivity index (χ2n) is 10.7. The zero-order chi connectivity index (χ0) is 25.9. The third-order valence-electron chi connectivity index (χ3n) is 7.25. The first-order valence-corrected chi connectivity index (χ1v) is 12.5. The third-order valence-corrected chi connectivity index (χ3v) is 7.25. The van der Waals surface area contributed by atoms with Crippen LogP contribution in [0.4, 0.5) is 8.78 Å². The number of hydrogen-bond donors (Lipinski definition) is 2. The summed E-state index contributed by atoms with van der Waals surface area (Å²) in [6.45, 7) is 5.83. The van der Waals surface area contributed by atoms with Crippen LogP contribution in [0.15, 0.2) is 10.9 Å². The van der Waals surface area contributed by atoms with E-state index in [1.54, 1.807) is 11.8 Å². The Labute approximate surface area is 206 Å². The number of amides is 2. The molecule has 2 bridgehead atoms. The molecular weight excluding hydrogens is 472 g/mol. The maximum Gasteiger partial charge on any atom is 0.291 e. The van der Waals surface area contributed by atoms with Gasteiger partial charge in [-0.2, -0.15) is 9.61 Å². The smallest absolute Gasteiger partial charge is 0.291 e. The second kappa shape index (κ2) is 8.70. The molecule has 0 aromatic carbocycles. The minimum Gasteiger partial charge on any atom is -0.494 e. The Morgan fingerprint density at radius 2 is 1.83 bits per heavy atom. The first-order chi connectivity index (χ1) is 17.0. The van der Waals surface area contributed by atoms with E-state index in [1.807, 2.05) is 13.8 Å². The van der Waals surface area contributed by atoms with Crippen LogP contribution < -0.4 is 10.9 Å². The number of halogens is 2. The van der Waals surface area contributed by atoms with E-state index in [1.165, 1.54) is 16.7 Å². The molecule has 2 unspecified atom stereocenters. The maximum atomic E-state index is 14.0. The van der Waals surface area contributed by atoms with Crippen molar-refractivity contribution < 1.29 is 23.5 Å². The highest BCUT2D eigenvalue weighted by molar-refractivity contribution is 5.97. The minimum absolute atomic E-state index is 0.000518. The standard InChI is InChI=1S/C25H31F2N5O4/c1-13(2)12-30-22-18(8-9-19(33)31-16-6-7-17(31)11-25(26,27)10-16)14(3)29-32(22)24(36)20(23(30)35)21(34)28-15-4-5-15/h8-9,13,15-17,35H,4-7,10-12H2,1-3H3,(H,28,34). The van der Waals surface area contributed by atoms with Crippen LogP contribution in [0.3, 0.4) is 0 Å². The monoisotopic (exact) mass is 503 g/mol. The van der Waals surface area contributed by atoms with Crippen LogP contribution in [0.5, 0.6) is 5.88 Å². The Morgan fingerprint density at radius 3 is 2.42 bits per heavy atom. The van der Waals surface area contributed by atoms with Crippen molar-refractivity contribution in [2.45, 2.75) is 89.9 Å². The fraction of sp³-hybridized carbons (Fsp3) is 0.600. The highest BCUT2D eigenvalue weighted by atomic mass is 19.3. The van der Waals surface area contributed by atoms with Gasteiger partial charge in [-0.25, -0.2) is 8.78 Å². The summed E-state index contributed by atoms with van der Waals surface area (Å²) in [6, 6.07) is -0.979. The summed E-state index contributed by atoms with van der Waals surface area (Å²) in [4.78, 5) is 40.6. The van der Waals surface area contributed by atoms with Crippen LogP contribution in [0.25, 0.3) is 11.7 Å². The average Bonchev–Trinajstić information content (AvgIpc) is 3.45. The molecule has 11 heteroatoms. The normalized spacial score (nSPS) is 23.2. The summed E-state index contributed by atoms with van der Waals surface area (Å²) in [6.07, 6.45) is 4.97. The molecule has 2 aromatic rings. The minimum atomic E-state index is -2.75. The summed E-state index contributed by atoms with van der Waals surface area (Å²) in [5.41, 5.74) is 0.0334. The van der Waals surface area contributed by atoms with Gasteiger partial charge in [0.05, 0.1) is 5.69 Å². The predicted octanol–water partition coefficient (Wildman–Crippen LogP) is 2.86. The Kier molecular flexibility index (Phi) is 5.91. The van der Waals surface area contributed by atoms with Crippen molar-refractivity contribution in [3.8, 4) is 5.88 Å². The Hall–Kier alpha value is -3.24. The molecule has 5 rings (SSSR count). The van der Waals surface area contributed by atoms with Gasteiger partial charge in [0.1, 0.15) is 5.65 Å². The Morgan fingerprint density at radius 1 is 1.19 bits per heavy atom. The first kappa shape index (κ1) is 24.5. The lowest BCUT2D eigenvalue weighted by molar-refractivity contribution is -0.139. The van der Waals surface area contributed by atoms with E-state index in [9.17, 15) is 28.3 Å². The highest BCUT2D eigenvalue weighted by Gasteiger charge is 2.50. The SMILES string of the molecule is Cc1nn2c(=O)c(C(=O)NC3CC3)c(O)n(CC(C)C)c2c1C=CC(=O)N1C2CCC1CC(F)(F)C2. The number of nitrogens with one attached hydrogen (secondary N) is 1. The third kappa shape index (κ3) is 4.28. The summed E-state index contributed by atoms with van der Waals surface area (Å²) in [5.74, 6) is -4.15. The van der Waals surface area contributed by atoms with Crippen molar-refractivity contribution in [1.82, 2.24) is 24.4 Å².